The van der Waals surface area contributed by atoms with Crippen LogP contribution >= 0.6 is 0 Å². The molecule has 0 aliphatic rings. The largest absolute Gasteiger partial charge is 0.497 e. The maximum atomic E-state index is 13.2. The molecule has 0 radical (unpaired) electrons. The third kappa shape index (κ3) is 6.07. The van der Waals surface area contributed by atoms with Gasteiger partial charge >= 0.3 is 0 Å². The lowest BCUT2D eigenvalue weighted by Crippen LogP contribution is -2.35. The average Bonchev–Trinajstić information content (AvgIpc) is 3.62. The van der Waals surface area contributed by atoms with Crippen molar-refractivity contribution in [2.45, 2.75) is 46.4 Å². The lowest BCUT2D eigenvalue weighted by atomic mass is 10.00. The van der Waals surface area contributed by atoms with Crippen LogP contribution in [0.15, 0.2) is 76.1 Å². The van der Waals surface area contributed by atoms with Crippen LogP contribution in [0, 0.1) is 5.92 Å². The number of aromatic nitrogens is 5. The smallest absolute Gasteiger partial charge is 0.252 e. The van der Waals surface area contributed by atoms with Crippen LogP contribution in [-0.4, -0.2) is 43.8 Å². The molecule has 0 saturated carbocycles. The second kappa shape index (κ2) is 12.2. The lowest BCUT2D eigenvalue weighted by Gasteiger charge is -2.33. The van der Waals surface area contributed by atoms with E-state index in [1.807, 2.05) is 72.3 Å². The van der Waals surface area contributed by atoms with E-state index in [1.54, 1.807) is 13.4 Å². The van der Waals surface area contributed by atoms with E-state index in [0.29, 0.717) is 37.6 Å². The summed E-state index contributed by atoms with van der Waals surface area (Å²) in [7, 11) is 1.65. The summed E-state index contributed by atoms with van der Waals surface area (Å²) in [5, 5.41) is 13.7. The average molecular weight is 543 g/mol. The number of nitrogens with one attached hydrogen (secondary N) is 1. The predicted octanol–water partition coefficient (Wildman–Crippen LogP) is 4.96. The van der Waals surface area contributed by atoms with Crippen LogP contribution in [0.1, 0.15) is 49.5 Å². The van der Waals surface area contributed by atoms with E-state index in [-0.39, 0.29) is 17.5 Å². The fourth-order valence-corrected chi connectivity index (χ4v) is 5.00. The molecule has 0 aliphatic carbocycles. The van der Waals surface area contributed by atoms with Crippen molar-refractivity contribution in [2.24, 2.45) is 5.92 Å². The SMILES string of the molecule is CCOc1ccc2[nH]c(=O)c(CN(Cc3ccco3)[C@H](c3nnnn3Cc3ccc(OC)cc3)C(C)C)cc2c1. The maximum absolute atomic E-state index is 13.2. The van der Waals surface area contributed by atoms with Crippen LogP contribution in [0.2, 0.25) is 0 Å². The van der Waals surface area contributed by atoms with Gasteiger partial charge in [0.25, 0.3) is 5.56 Å². The van der Waals surface area contributed by atoms with E-state index >= 15 is 0 Å². The first kappa shape index (κ1) is 27.1. The van der Waals surface area contributed by atoms with E-state index < -0.39 is 0 Å². The van der Waals surface area contributed by atoms with Gasteiger partial charge in [-0.25, -0.2) is 4.68 Å². The summed E-state index contributed by atoms with van der Waals surface area (Å²) in [6, 6.07) is 19.1. The molecule has 40 heavy (non-hydrogen) atoms. The Kier molecular flexibility index (Phi) is 8.26. The molecule has 3 aromatic heterocycles. The number of pyridine rings is 1. The molecule has 0 spiro atoms. The summed E-state index contributed by atoms with van der Waals surface area (Å²) < 4.78 is 18.5. The van der Waals surface area contributed by atoms with Gasteiger partial charge < -0.3 is 18.9 Å². The van der Waals surface area contributed by atoms with E-state index in [9.17, 15) is 4.79 Å². The fraction of sp³-hybridized carbons (Fsp3) is 0.333. The zero-order chi connectivity index (χ0) is 28.1. The highest BCUT2D eigenvalue weighted by Crippen LogP contribution is 2.31. The van der Waals surface area contributed by atoms with Crippen molar-refractivity contribution < 1.29 is 13.9 Å². The Morgan fingerprint density at radius 1 is 1.05 bits per heavy atom. The molecule has 1 N–H and O–H groups in total. The molecule has 0 fully saturated rings. The van der Waals surface area contributed by atoms with Crippen LogP contribution in [0.3, 0.4) is 0 Å². The molecular weight excluding hydrogens is 508 g/mol. The maximum Gasteiger partial charge on any atom is 0.252 e. The zero-order valence-corrected chi connectivity index (χ0v) is 23.2. The standard InChI is InChI=1S/C30H34N6O4/c1-5-39-25-12-13-27-22(16-25)15-23(30(37)31-27)18-35(19-26-7-6-14-40-26)28(20(2)3)29-32-33-34-36(29)17-21-8-10-24(38-4)11-9-21/h6-16,20,28H,5,17-19H2,1-4H3,(H,31,37)/t28-/m0/s1. The number of rotatable bonds is 12. The number of aromatic amines is 1. The monoisotopic (exact) mass is 542 g/mol. The van der Waals surface area contributed by atoms with Crippen LogP contribution in [-0.2, 0) is 19.6 Å². The molecule has 5 rings (SSSR count). The minimum atomic E-state index is -0.205. The molecule has 2 aromatic carbocycles. The highest BCUT2D eigenvalue weighted by molar-refractivity contribution is 5.80. The summed E-state index contributed by atoms with van der Waals surface area (Å²) in [6.45, 7) is 8.12. The number of nitrogens with zero attached hydrogens (tertiary/aromatic N) is 5. The minimum absolute atomic E-state index is 0.125. The molecule has 0 amide bonds. The van der Waals surface area contributed by atoms with E-state index in [4.69, 9.17) is 13.9 Å². The number of fused-ring (bicyclic) bond motifs is 1. The number of hydrogen-bond donors (Lipinski definition) is 1. The van der Waals surface area contributed by atoms with Gasteiger partial charge in [0.05, 0.1) is 39.1 Å². The molecule has 0 aliphatic heterocycles. The zero-order valence-electron chi connectivity index (χ0n) is 23.2. The second-order valence-electron chi connectivity index (χ2n) is 10.0. The van der Waals surface area contributed by atoms with Crippen LogP contribution in [0.5, 0.6) is 11.5 Å². The van der Waals surface area contributed by atoms with Gasteiger partial charge in [0.15, 0.2) is 5.82 Å². The summed E-state index contributed by atoms with van der Waals surface area (Å²) in [4.78, 5) is 18.5. The number of H-pyrrole nitrogens is 1. The summed E-state index contributed by atoms with van der Waals surface area (Å²) in [5.41, 5.74) is 2.30. The van der Waals surface area contributed by atoms with Crippen molar-refractivity contribution in [3.05, 3.63) is 100.0 Å². The summed E-state index contributed by atoms with van der Waals surface area (Å²) in [6.07, 6.45) is 1.66. The van der Waals surface area contributed by atoms with Gasteiger partial charge in [-0.3, -0.25) is 9.69 Å². The van der Waals surface area contributed by atoms with Gasteiger partial charge in [0.2, 0.25) is 0 Å². The van der Waals surface area contributed by atoms with Crippen molar-refractivity contribution in [2.75, 3.05) is 13.7 Å². The normalized spacial score (nSPS) is 12.3. The van der Waals surface area contributed by atoms with Gasteiger partial charge in [-0.1, -0.05) is 26.0 Å². The van der Waals surface area contributed by atoms with Gasteiger partial charge in [-0.15, -0.1) is 5.10 Å². The second-order valence-corrected chi connectivity index (χ2v) is 10.0. The van der Waals surface area contributed by atoms with E-state index in [1.165, 1.54) is 0 Å². The molecule has 0 unspecified atom stereocenters. The third-order valence-electron chi connectivity index (χ3n) is 6.86. The minimum Gasteiger partial charge on any atom is -0.497 e. The molecule has 10 heteroatoms. The number of methoxy groups -OCH3 is 1. The van der Waals surface area contributed by atoms with Gasteiger partial charge in [-0.2, -0.15) is 0 Å². The number of tetrazole rings is 1. The molecule has 1 atom stereocenters. The van der Waals surface area contributed by atoms with E-state index in [0.717, 1.165) is 33.7 Å². The fourth-order valence-electron chi connectivity index (χ4n) is 5.00. The van der Waals surface area contributed by atoms with Crippen molar-refractivity contribution in [3.8, 4) is 11.5 Å². The number of hydrogen-bond acceptors (Lipinski definition) is 8. The van der Waals surface area contributed by atoms with Gasteiger partial charge in [0, 0.05) is 23.0 Å². The number of benzene rings is 2. The Hall–Kier alpha value is -4.44. The summed E-state index contributed by atoms with van der Waals surface area (Å²) in [5.74, 6) is 3.18. The topological polar surface area (TPSA) is 111 Å². The molecule has 0 bridgehead atoms. The lowest BCUT2D eigenvalue weighted by molar-refractivity contribution is 0.116. The molecule has 0 saturated heterocycles. The van der Waals surface area contributed by atoms with Gasteiger partial charge in [0.1, 0.15) is 17.3 Å². The third-order valence-corrected chi connectivity index (χ3v) is 6.86. The Morgan fingerprint density at radius 3 is 2.55 bits per heavy atom. The predicted molar refractivity (Wildman–Crippen MR) is 151 cm³/mol. The molecular formula is C30H34N6O4. The molecule has 5 aromatic rings. The molecule has 3 heterocycles. The van der Waals surface area contributed by atoms with Crippen LogP contribution < -0.4 is 15.0 Å². The first-order valence-electron chi connectivity index (χ1n) is 13.4. The summed E-state index contributed by atoms with van der Waals surface area (Å²) >= 11 is 0. The van der Waals surface area contributed by atoms with Crippen molar-refractivity contribution in [1.29, 1.82) is 0 Å². The van der Waals surface area contributed by atoms with Crippen molar-refractivity contribution >= 4 is 10.9 Å². The Bertz CT molecular complexity index is 1590. The Morgan fingerprint density at radius 2 is 1.85 bits per heavy atom. The molecule has 208 valence electrons. The highest BCUT2D eigenvalue weighted by atomic mass is 16.5. The molecule has 10 nitrogen and oxygen atoms in total. The highest BCUT2D eigenvalue weighted by Gasteiger charge is 2.30. The van der Waals surface area contributed by atoms with Crippen LogP contribution in [0.4, 0.5) is 0 Å². The van der Waals surface area contributed by atoms with Gasteiger partial charge in [-0.05, 0) is 77.4 Å². The van der Waals surface area contributed by atoms with Crippen LogP contribution in [0.25, 0.3) is 10.9 Å². The number of ether oxygens (including phenoxy) is 2. The van der Waals surface area contributed by atoms with Crippen molar-refractivity contribution in [3.63, 3.8) is 0 Å². The Labute approximate surface area is 232 Å². The first-order chi connectivity index (χ1) is 19.4. The Balaban J connectivity index is 1.51. The first-order valence-corrected chi connectivity index (χ1v) is 13.4. The number of furan rings is 1. The van der Waals surface area contributed by atoms with E-state index in [2.05, 4.69) is 39.3 Å². The van der Waals surface area contributed by atoms with Crippen molar-refractivity contribution in [1.82, 2.24) is 30.1 Å². The quantitative estimate of drug-likeness (QED) is 0.235.